The number of hydrogen-bond donors (Lipinski definition) is 1. The second-order valence-corrected chi connectivity index (χ2v) is 4.28. The van der Waals surface area contributed by atoms with Crippen LogP contribution in [-0.2, 0) is 4.79 Å². The Hall–Kier alpha value is -0.750. The molecular weight excluding hydrogens is 228 g/mol. The molecule has 0 aromatic rings. The van der Waals surface area contributed by atoms with E-state index in [0.29, 0.717) is 32.6 Å². The Morgan fingerprint density at radius 2 is 1.94 bits per heavy atom. The Balaban J connectivity index is 2.19. The number of alkyl halides is 2. The van der Waals surface area contributed by atoms with Crippen molar-refractivity contribution in [2.24, 2.45) is 0 Å². The molecule has 0 aliphatic carbocycles. The zero-order chi connectivity index (χ0) is 12.7. The Morgan fingerprint density at radius 3 is 2.47 bits per heavy atom. The molecule has 6 heteroatoms. The zero-order valence-corrected chi connectivity index (χ0v) is 10.3. The minimum atomic E-state index is -2.28. The number of rotatable bonds is 6. The van der Waals surface area contributed by atoms with Gasteiger partial charge in [0, 0.05) is 32.6 Å². The summed E-state index contributed by atoms with van der Waals surface area (Å²) in [4.78, 5) is 15.2. The van der Waals surface area contributed by atoms with Crippen molar-refractivity contribution in [2.45, 2.75) is 19.3 Å². The number of nitrogens with one attached hydrogen (secondary N) is 1. The minimum Gasteiger partial charge on any atom is -0.340 e. The summed E-state index contributed by atoms with van der Waals surface area (Å²) >= 11 is 0. The summed E-state index contributed by atoms with van der Waals surface area (Å²) in [7, 11) is 1.85. The Labute approximate surface area is 101 Å². The smallest absolute Gasteiger partial charge is 0.251 e. The van der Waals surface area contributed by atoms with E-state index in [0.717, 1.165) is 13.0 Å². The lowest BCUT2D eigenvalue weighted by Crippen LogP contribution is -2.49. The molecule has 0 aromatic heterocycles. The van der Waals surface area contributed by atoms with E-state index in [1.807, 2.05) is 7.05 Å². The molecule has 1 saturated heterocycles. The normalized spacial score (nSPS) is 17.8. The first-order valence-electron chi connectivity index (χ1n) is 6.06. The molecule has 17 heavy (non-hydrogen) atoms. The highest BCUT2D eigenvalue weighted by Gasteiger charge is 2.22. The maximum absolute atomic E-state index is 12.2. The maximum Gasteiger partial charge on any atom is 0.251 e. The van der Waals surface area contributed by atoms with Crippen LogP contribution >= 0.6 is 0 Å². The first-order valence-corrected chi connectivity index (χ1v) is 6.06. The Bertz CT molecular complexity index is 231. The van der Waals surface area contributed by atoms with Crippen LogP contribution < -0.4 is 5.32 Å². The van der Waals surface area contributed by atoms with Gasteiger partial charge in [-0.25, -0.2) is 8.78 Å². The lowest BCUT2D eigenvalue weighted by molar-refractivity contribution is -0.133. The molecule has 0 unspecified atom stereocenters. The van der Waals surface area contributed by atoms with Crippen molar-refractivity contribution in [1.82, 2.24) is 15.1 Å². The van der Waals surface area contributed by atoms with Gasteiger partial charge in [0.1, 0.15) is 0 Å². The quantitative estimate of drug-likeness (QED) is 0.692. The van der Waals surface area contributed by atoms with Gasteiger partial charge in [-0.2, -0.15) is 0 Å². The van der Waals surface area contributed by atoms with Crippen molar-refractivity contribution < 1.29 is 13.6 Å². The van der Waals surface area contributed by atoms with Crippen LogP contribution in [0.5, 0.6) is 0 Å². The molecule has 1 heterocycles. The second kappa shape index (κ2) is 7.55. The van der Waals surface area contributed by atoms with E-state index in [1.165, 1.54) is 0 Å². The third kappa shape index (κ3) is 5.41. The molecule has 1 amide bonds. The van der Waals surface area contributed by atoms with Gasteiger partial charge in [-0.1, -0.05) is 0 Å². The van der Waals surface area contributed by atoms with Crippen LogP contribution in [0.4, 0.5) is 8.78 Å². The van der Waals surface area contributed by atoms with Crippen molar-refractivity contribution in [3.8, 4) is 0 Å². The number of piperazine rings is 1. The van der Waals surface area contributed by atoms with Crippen molar-refractivity contribution >= 4 is 5.91 Å². The Kier molecular flexibility index (Phi) is 6.36. The monoisotopic (exact) mass is 249 g/mol. The van der Waals surface area contributed by atoms with Gasteiger partial charge in [0.05, 0.1) is 6.54 Å². The van der Waals surface area contributed by atoms with Gasteiger partial charge in [0.25, 0.3) is 6.43 Å². The fourth-order valence-corrected chi connectivity index (χ4v) is 1.95. The molecule has 0 spiro atoms. The standard InChI is InChI=1S/C11H21F2N3O/c1-14-4-2-3-11(17)16-7-5-15(6-8-16)9-10(12)13/h10,14H,2-9H2,1H3. The summed E-state index contributed by atoms with van der Waals surface area (Å²) in [6, 6.07) is 0. The second-order valence-electron chi connectivity index (χ2n) is 4.28. The highest BCUT2D eigenvalue weighted by molar-refractivity contribution is 5.76. The number of carbonyl (C=O) groups excluding carboxylic acids is 1. The van der Waals surface area contributed by atoms with Gasteiger partial charge in [0.15, 0.2) is 0 Å². The summed E-state index contributed by atoms with van der Waals surface area (Å²) in [6.45, 7) is 2.92. The number of amides is 1. The van der Waals surface area contributed by atoms with E-state index < -0.39 is 6.43 Å². The lowest BCUT2D eigenvalue weighted by Gasteiger charge is -2.34. The molecule has 1 fully saturated rings. The average Bonchev–Trinajstić information content (AvgIpc) is 2.29. The van der Waals surface area contributed by atoms with Crippen LogP contribution in [-0.4, -0.2) is 68.4 Å². The fourth-order valence-electron chi connectivity index (χ4n) is 1.95. The summed E-state index contributed by atoms with van der Waals surface area (Å²) in [6.07, 6.45) is -0.921. The molecule has 1 aliphatic heterocycles. The summed E-state index contributed by atoms with van der Waals surface area (Å²) in [5.74, 6) is 0.136. The van der Waals surface area contributed by atoms with E-state index in [4.69, 9.17) is 0 Å². The number of carbonyl (C=O) groups is 1. The molecule has 0 bridgehead atoms. The first-order chi connectivity index (χ1) is 8.13. The van der Waals surface area contributed by atoms with Crippen LogP contribution in [0.25, 0.3) is 0 Å². The SMILES string of the molecule is CNCCCC(=O)N1CCN(CC(F)F)CC1. The minimum absolute atomic E-state index is 0.136. The van der Waals surface area contributed by atoms with Crippen LogP contribution in [0.2, 0.25) is 0 Å². The number of hydrogen-bond acceptors (Lipinski definition) is 3. The van der Waals surface area contributed by atoms with Crippen molar-refractivity contribution in [1.29, 1.82) is 0 Å². The van der Waals surface area contributed by atoms with Crippen molar-refractivity contribution in [3.05, 3.63) is 0 Å². The highest BCUT2D eigenvalue weighted by atomic mass is 19.3. The van der Waals surface area contributed by atoms with E-state index in [-0.39, 0.29) is 12.5 Å². The average molecular weight is 249 g/mol. The lowest BCUT2D eigenvalue weighted by atomic mass is 10.2. The number of nitrogens with zero attached hydrogens (tertiary/aromatic N) is 2. The summed E-state index contributed by atoms with van der Waals surface area (Å²) < 4.78 is 24.3. The molecule has 1 rings (SSSR count). The molecular formula is C11H21F2N3O. The van der Waals surface area contributed by atoms with Crippen LogP contribution in [0.1, 0.15) is 12.8 Å². The molecule has 1 aliphatic rings. The number of halogens is 2. The third-order valence-electron chi connectivity index (χ3n) is 2.94. The van der Waals surface area contributed by atoms with E-state index >= 15 is 0 Å². The van der Waals surface area contributed by atoms with Crippen LogP contribution in [0.15, 0.2) is 0 Å². The zero-order valence-electron chi connectivity index (χ0n) is 10.3. The van der Waals surface area contributed by atoms with Gasteiger partial charge in [0.2, 0.25) is 5.91 Å². The molecule has 4 nitrogen and oxygen atoms in total. The third-order valence-corrected chi connectivity index (χ3v) is 2.94. The molecule has 100 valence electrons. The van der Waals surface area contributed by atoms with E-state index in [9.17, 15) is 13.6 Å². The summed E-state index contributed by atoms with van der Waals surface area (Å²) in [5, 5.41) is 2.99. The largest absolute Gasteiger partial charge is 0.340 e. The molecule has 0 aromatic carbocycles. The topological polar surface area (TPSA) is 35.6 Å². The van der Waals surface area contributed by atoms with Crippen LogP contribution in [0, 0.1) is 0 Å². The van der Waals surface area contributed by atoms with Gasteiger partial charge in [-0.3, -0.25) is 9.69 Å². The highest BCUT2D eigenvalue weighted by Crippen LogP contribution is 2.07. The van der Waals surface area contributed by atoms with Gasteiger partial charge < -0.3 is 10.2 Å². The van der Waals surface area contributed by atoms with Gasteiger partial charge in [-0.05, 0) is 20.0 Å². The fraction of sp³-hybridized carbons (Fsp3) is 0.909. The van der Waals surface area contributed by atoms with E-state index in [1.54, 1.807) is 9.80 Å². The predicted molar refractivity (Wildman–Crippen MR) is 62.2 cm³/mol. The molecule has 0 radical (unpaired) electrons. The molecule has 0 saturated carbocycles. The summed E-state index contributed by atoms with van der Waals surface area (Å²) in [5.41, 5.74) is 0. The predicted octanol–water partition coefficient (Wildman–Crippen LogP) is 0.395. The van der Waals surface area contributed by atoms with Gasteiger partial charge in [-0.15, -0.1) is 0 Å². The molecule has 1 N–H and O–H groups in total. The Morgan fingerprint density at radius 1 is 1.29 bits per heavy atom. The van der Waals surface area contributed by atoms with Gasteiger partial charge >= 0.3 is 0 Å². The maximum atomic E-state index is 12.2. The van der Waals surface area contributed by atoms with Crippen LogP contribution in [0.3, 0.4) is 0 Å². The first kappa shape index (κ1) is 14.3. The molecule has 0 atom stereocenters. The van der Waals surface area contributed by atoms with E-state index in [2.05, 4.69) is 5.32 Å². The van der Waals surface area contributed by atoms with Crippen molar-refractivity contribution in [2.75, 3.05) is 46.3 Å². The van der Waals surface area contributed by atoms with Crippen molar-refractivity contribution in [3.63, 3.8) is 0 Å².